The van der Waals surface area contributed by atoms with Crippen molar-refractivity contribution in [1.82, 2.24) is 4.98 Å². The number of carbonyl (C=O) groups excluding carboxylic acids is 1. The summed E-state index contributed by atoms with van der Waals surface area (Å²) < 4.78 is 0. The number of hydrogen-bond donors (Lipinski definition) is 3. The lowest BCUT2D eigenvalue weighted by molar-refractivity contribution is -0.138. The van der Waals surface area contributed by atoms with Crippen LogP contribution in [0.4, 0.5) is 0 Å². The van der Waals surface area contributed by atoms with Gasteiger partial charge in [-0.3, -0.25) is 9.59 Å². The Kier molecular flexibility index (Phi) is 3.35. The number of nitrogens with zero attached hydrogens (tertiary/aromatic N) is 1. The summed E-state index contributed by atoms with van der Waals surface area (Å²) in [5, 5.41) is 17.7. The largest absolute Gasteiger partial charge is 0.506 e. The highest BCUT2D eigenvalue weighted by molar-refractivity contribution is 5.99. The second-order valence-electron chi connectivity index (χ2n) is 2.94. The zero-order valence-corrected chi connectivity index (χ0v) is 7.75. The van der Waals surface area contributed by atoms with Crippen molar-refractivity contribution < 1.29 is 19.8 Å². The first-order chi connectivity index (χ1) is 7.02. The highest BCUT2D eigenvalue weighted by Gasteiger charge is 2.20. The van der Waals surface area contributed by atoms with E-state index in [9.17, 15) is 14.7 Å². The van der Waals surface area contributed by atoms with E-state index in [1.807, 2.05) is 0 Å². The summed E-state index contributed by atoms with van der Waals surface area (Å²) in [6.45, 7) is 0. The van der Waals surface area contributed by atoms with Gasteiger partial charge in [-0.2, -0.15) is 0 Å². The van der Waals surface area contributed by atoms with E-state index in [4.69, 9.17) is 10.8 Å². The fourth-order valence-corrected chi connectivity index (χ4v) is 0.995. The Balaban J connectivity index is 2.78. The molecular weight excluding hydrogens is 200 g/mol. The minimum atomic E-state index is -1.28. The molecule has 1 heterocycles. The van der Waals surface area contributed by atoms with Gasteiger partial charge >= 0.3 is 5.97 Å². The summed E-state index contributed by atoms with van der Waals surface area (Å²) in [6, 6.07) is 1.48. The molecule has 0 saturated carbocycles. The number of rotatable bonds is 4. The standard InChI is InChI=1S/C9H10N2O4/c10-5(9(14)15)4-7(13)8-6(12)2-1-3-11-8/h1-3,5,12H,4,10H2,(H,14,15)/t5-/m1/s1. The molecule has 15 heavy (non-hydrogen) atoms. The molecule has 1 aromatic heterocycles. The van der Waals surface area contributed by atoms with Crippen LogP contribution in [0.2, 0.25) is 0 Å². The van der Waals surface area contributed by atoms with Gasteiger partial charge in [-0.05, 0) is 12.1 Å². The van der Waals surface area contributed by atoms with Gasteiger partial charge < -0.3 is 15.9 Å². The molecule has 80 valence electrons. The average molecular weight is 210 g/mol. The van der Waals surface area contributed by atoms with Gasteiger partial charge in [0.05, 0.1) is 0 Å². The van der Waals surface area contributed by atoms with Crippen molar-refractivity contribution in [3.63, 3.8) is 0 Å². The van der Waals surface area contributed by atoms with Gasteiger partial charge in [-0.1, -0.05) is 0 Å². The monoisotopic (exact) mass is 210 g/mol. The molecule has 1 atom stereocenters. The van der Waals surface area contributed by atoms with Crippen molar-refractivity contribution in [1.29, 1.82) is 0 Å². The number of aromatic nitrogens is 1. The van der Waals surface area contributed by atoms with Gasteiger partial charge in [0, 0.05) is 12.6 Å². The molecule has 1 rings (SSSR count). The van der Waals surface area contributed by atoms with Gasteiger partial charge in [-0.15, -0.1) is 0 Å². The van der Waals surface area contributed by atoms with E-state index in [1.54, 1.807) is 0 Å². The summed E-state index contributed by atoms with van der Waals surface area (Å²) in [7, 11) is 0. The van der Waals surface area contributed by atoms with Gasteiger partial charge in [0.25, 0.3) is 0 Å². The molecule has 0 fully saturated rings. The highest BCUT2D eigenvalue weighted by Crippen LogP contribution is 2.14. The number of nitrogens with two attached hydrogens (primary N) is 1. The molecule has 1 aromatic rings. The summed E-state index contributed by atoms with van der Waals surface area (Å²) >= 11 is 0. The van der Waals surface area contributed by atoms with E-state index >= 15 is 0 Å². The molecular formula is C9H10N2O4. The van der Waals surface area contributed by atoms with E-state index in [1.165, 1.54) is 18.3 Å². The van der Waals surface area contributed by atoms with E-state index in [0.717, 1.165) is 0 Å². The number of carboxylic acid groups (broad SMARTS) is 1. The van der Waals surface area contributed by atoms with Crippen molar-refractivity contribution in [2.45, 2.75) is 12.5 Å². The number of aliphatic carboxylic acids is 1. The van der Waals surface area contributed by atoms with Crippen molar-refractivity contribution in [3.05, 3.63) is 24.0 Å². The SMILES string of the molecule is N[C@H](CC(=O)c1ncccc1O)C(=O)O. The number of carboxylic acids is 1. The van der Waals surface area contributed by atoms with E-state index in [-0.39, 0.29) is 17.9 Å². The lowest BCUT2D eigenvalue weighted by atomic mass is 10.1. The third-order valence-electron chi connectivity index (χ3n) is 1.77. The minimum absolute atomic E-state index is 0.158. The predicted molar refractivity (Wildman–Crippen MR) is 50.5 cm³/mol. The fourth-order valence-electron chi connectivity index (χ4n) is 0.995. The van der Waals surface area contributed by atoms with Crippen LogP contribution < -0.4 is 5.73 Å². The first kappa shape index (κ1) is 11.1. The molecule has 0 radical (unpaired) electrons. The van der Waals surface area contributed by atoms with E-state index in [2.05, 4.69) is 4.98 Å². The van der Waals surface area contributed by atoms with Gasteiger partial charge in [0.1, 0.15) is 17.5 Å². The van der Waals surface area contributed by atoms with Gasteiger partial charge in [-0.25, -0.2) is 4.98 Å². The second kappa shape index (κ2) is 4.52. The van der Waals surface area contributed by atoms with Crippen LogP contribution in [0, 0.1) is 0 Å². The Bertz CT molecular complexity index is 391. The van der Waals surface area contributed by atoms with Crippen LogP contribution in [0.1, 0.15) is 16.9 Å². The van der Waals surface area contributed by atoms with E-state index in [0.29, 0.717) is 0 Å². The first-order valence-electron chi connectivity index (χ1n) is 4.18. The minimum Gasteiger partial charge on any atom is -0.506 e. The number of aromatic hydroxyl groups is 1. The molecule has 0 aliphatic heterocycles. The lowest BCUT2D eigenvalue weighted by Crippen LogP contribution is -2.32. The zero-order chi connectivity index (χ0) is 11.4. The van der Waals surface area contributed by atoms with Crippen LogP contribution in [0.3, 0.4) is 0 Å². The Morgan fingerprint density at radius 1 is 1.53 bits per heavy atom. The molecule has 6 nitrogen and oxygen atoms in total. The number of pyridine rings is 1. The molecule has 4 N–H and O–H groups in total. The van der Waals surface area contributed by atoms with Crippen molar-refractivity contribution in [2.24, 2.45) is 5.73 Å². The Hall–Kier alpha value is -1.95. The molecule has 0 aliphatic carbocycles. The molecule has 0 spiro atoms. The van der Waals surface area contributed by atoms with Crippen molar-refractivity contribution in [3.8, 4) is 5.75 Å². The quantitative estimate of drug-likeness (QED) is 0.591. The zero-order valence-electron chi connectivity index (χ0n) is 7.75. The molecule has 0 aliphatic rings. The van der Waals surface area contributed by atoms with Crippen molar-refractivity contribution >= 4 is 11.8 Å². The molecule has 6 heteroatoms. The molecule has 0 bridgehead atoms. The molecule has 0 saturated heterocycles. The maximum absolute atomic E-state index is 11.4. The summed E-state index contributed by atoms with van der Waals surface area (Å²) in [6.07, 6.45) is 0.944. The molecule has 0 unspecified atom stereocenters. The summed E-state index contributed by atoms with van der Waals surface area (Å²) in [4.78, 5) is 25.4. The van der Waals surface area contributed by atoms with Crippen LogP contribution in [0.15, 0.2) is 18.3 Å². The van der Waals surface area contributed by atoms with E-state index < -0.39 is 17.8 Å². The Morgan fingerprint density at radius 3 is 2.73 bits per heavy atom. The number of ketones is 1. The highest BCUT2D eigenvalue weighted by atomic mass is 16.4. The maximum Gasteiger partial charge on any atom is 0.320 e. The van der Waals surface area contributed by atoms with Gasteiger partial charge in [0.2, 0.25) is 0 Å². The lowest BCUT2D eigenvalue weighted by Gasteiger charge is -2.05. The van der Waals surface area contributed by atoms with Crippen LogP contribution >= 0.6 is 0 Å². The van der Waals surface area contributed by atoms with Crippen LogP contribution in [-0.2, 0) is 4.79 Å². The average Bonchev–Trinajstić information content (AvgIpc) is 2.18. The summed E-state index contributed by atoms with van der Waals surface area (Å²) in [5.41, 5.74) is 5.02. The second-order valence-corrected chi connectivity index (χ2v) is 2.94. The van der Waals surface area contributed by atoms with Gasteiger partial charge in [0.15, 0.2) is 5.78 Å². The van der Waals surface area contributed by atoms with Crippen LogP contribution in [0.5, 0.6) is 5.75 Å². The normalized spacial score (nSPS) is 12.1. The molecule has 0 aromatic carbocycles. The predicted octanol–water partition coefficient (Wildman–Crippen LogP) is -0.228. The smallest absolute Gasteiger partial charge is 0.320 e. The molecule has 0 amide bonds. The third kappa shape index (κ3) is 2.75. The van der Waals surface area contributed by atoms with Crippen LogP contribution in [-0.4, -0.2) is 33.0 Å². The number of Topliss-reactive ketones (excluding diaryl/α,β-unsaturated/α-hetero) is 1. The summed E-state index contributed by atoms with van der Waals surface area (Å²) in [5.74, 6) is -2.14. The first-order valence-corrected chi connectivity index (χ1v) is 4.18. The number of carbonyl (C=O) groups is 2. The Morgan fingerprint density at radius 2 is 2.20 bits per heavy atom. The van der Waals surface area contributed by atoms with Crippen LogP contribution in [0.25, 0.3) is 0 Å². The van der Waals surface area contributed by atoms with Crippen molar-refractivity contribution in [2.75, 3.05) is 0 Å². The topological polar surface area (TPSA) is 114 Å². The number of hydrogen-bond acceptors (Lipinski definition) is 5. The maximum atomic E-state index is 11.4. The third-order valence-corrected chi connectivity index (χ3v) is 1.77. The Labute approximate surface area is 85.4 Å². The fraction of sp³-hybridized carbons (Fsp3) is 0.222.